The lowest BCUT2D eigenvalue weighted by Crippen LogP contribution is -2.53. The molecule has 0 amide bonds. The zero-order valence-corrected chi connectivity index (χ0v) is 13.8. The highest BCUT2D eigenvalue weighted by Crippen LogP contribution is 2.27. The Morgan fingerprint density at radius 2 is 1.83 bits per heavy atom. The second-order valence-electron chi connectivity index (χ2n) is 4.61. The molecule has 2 atom stereocenters. The van der Waals surface area contributed by atoms with Gasteiger partial charge >= 0.3 is 12.1 Å². The molecule has 1 aromatic rings. The molecule has 0 aliphatic carbocycles. The Morgan fingerprint density at radius 3 is 2.26 bits per heavy atom. The van der Waals surface area contributed by atoms with Crippen LogP contribution in [0, 0.1) is 6.92 Å². The van der Waals surface area contributed by atoms with E-state index in [0.29, 0.717) is 0 Å². The molecule has 1 N–H and O–H groups in total. The van der Waals surface area contributed by atoms with Gasteiger partial charge in [0.25, 0.3) is 0 Å². The third-order valence-electron chi connectivity index (χ3n) is 2.77. The molecule has 2 unspecified atom stereocenters. The Bertz CT molecular complexity index is 646. The van der Waals surface area contributed by atoms with Crippen LogP contribution in [0.3, 0.4) is 0 Å². The van der Waals surface area contributed by atoms with Crippen molar-refractivity contribution in [1.82, 2.24) is 4.72 Å². The highest BCUT2D eigenvalue weighted by atomic mass is 35.5. The van der Waals surface area contributed by atoms with E-state index < -0.39 is 33.6 Å². The fourth-order valence-corrected chi connectivity index (χ4v) is 3.18. The van der Waals surface area contributed by atoms with Crippen LogP contribution in [0.4, 0.5) is 13.2 Å². The molecule has 1 rings (SSSR count). The zero-order chi connectivity index (χ0) is 17.8. The molecule has 0 heterocycles. The first-order valence-corrected chi connectivity index (χ1v) is 8.37. The Morgan fingerprint density at radius 1 is 1.30 bits per heavy atom. The largest absolute Gasteiger partial charge is 0.465 e. The van der Waals surface area contributed by atoms with Gasteiger partial charge in [0, 0.05) is 0 Å². The van der Waals surface area contributed by atoms with Crippen molar-refractivity contribution in [2.24, 2.45) is 0 Å². The lowest BCUT2D eigenvalue weighted by atomic mass is 10.2. The number of hydrogen-bond donors (Lipinski definition) is 1. The molecule has 23 heavy (non-hydrogen) atoms. The third kappa shape index (κ3) is 5.36. The fourth-order valence-electron chi connectivity index (χ4n) is 1.60. The SMILES string of the molecule is CCOC(=O)C(Cl)C(NS(=O)(=O)c1ccc(C)cc1)C(F)(F)F. The number of aryl methyl sites for hydroxylation is 1. The summed E-state index contributed by atoms with van der Waals surface area (Å²) in [7, 11) is -4.52. The number of benzene rings is 1. The predicted octanol–water partition coefficient (Wildman–Crippen LogP) is 2.37. The Labute approximate surface area is 136 Å². The van der Waals surface area contributed by atoms with Gasteiger partial charge in [-0.2, -0.15) is 17.9 Å². The monoisotopic (exact) mass is 373 g/mol. The van der Waals surface area contributed by atoms with E-state index in [1.807, 2.05) is 0 Å². The van der Waals surface area contributed by atoms with Crippen LogP contribution in [0.2, 0.25) is 0 Å². The summed E-state index contributed by atoms with van der Waals surface area (Å²) < 4.78 is 69.1. The molecule has 0 radical (unpaired) electrons. The molecule has 0 saturated carbocycles. The summed E-state index contributed by atoms with van der Waals surface area (Å²) in [5, 5.41) is -2.24. The van der Waals surface area contributed by atoms with E-state index in [4.69, 9.17) is 11.6 Å². The lowest BCUT2D eigenvalue weighted by molar-refractivity contribution is -0.165. The second-order valence-corrected chi connectivity index (χ2v) is 6.79. The van der Waals surface area contributed by atoms with Crippen LogP contribution in [0.15, 0.2) is 29.2 Å². The fraction of sp³-hybridized carbons (Fsp3) is 0.462. The summed E-state index contributed by atoms with van der Waals surface area (Å²) in [4.78, 5) is 11.0. The molecule has 0 aliphatic heterocycles. The van der Waals surface area contributed by atoms with Crippen LogP contribution >= 0.6 is 11.6 Å². The molecule has 1 aromatic carbocycles. The van der Waals surface area contributed by atoms with Crippen molar-refractivity contribution in [3.05, 3.63) is 29.8 Å². The number of hydrogen-bond acceptors (Lipinski definition) is 4. The van der Waals surface area contributed by atoms with Crippen molar-refractivity contribution in [2.45, 2.75) is 36.3 Å². The minimum atomic E-state index is -5.07. The van der Waals surface area contributed by atoms with E-state index in [1.165, 1.54) is 23.8 Å². The number of nitrogens with one attached hydrogen (secondary N) is 1. The molecule has 0 saturated heterocycles. The average molecular weight is 374 g/mol. The Hall–Kier alpha value is -1.32. The van der Waals surface area contributed by atoms with Crippen LogP contribution < -0.4 is 4.72 Å². The van der Waals surface area contributed by atoms with Crippen molar-refractivity contribution >= 4 is 27.6 Å². The van der Waals surface area contributed by atoms with Gasteiger partial charge in [0.1, 0.15) is 6.04 Å². The van der Waals surface area contributed by atoms with E-state index in [2.05, 4.69) is 4.74 Å². The van der Waals surface area contributed by atoms with Gasteiger partial charge < -0.3 is 4.74 Å². The molecule has 0 spiro atoms. The summed E-state index contributed by atoms with van der Waals surface area (Å²) in [5.41, 5.74) is 0.734. The molecule has 0 fully saturated rings. The summed E-state index contributed by atoms with van der Waals surface area (Å²) in [6.45, 7) is 2.90. The Kier molecular flexibility index (Phi) is 6.43. The van der Waals surface area contributed by atoms with Crippen LogP contribution in [-0.2, 0) is 19.6 Å². The molecule has 0 bridgehead atoms. The number of halogens is 4. The van der Waals surface area contributed by atoms with Crippen molar-refractivity contribution in [2.75, 3.05) is 6.61 Å². The normalized spacial score (nSPS) is 15.0. The van der Waals surface area contributed by atoms with Crippen LogP contribution in [0.1, 0.15) is 12.5 Å². The van der Waals surface area contributed by atoms with Crippen molar-refractivity contribution in [3.63, 3.8) is 0 Å². The van der Waals surface area contributed by atoms with Crippen molar-refractivity contribution in [1.29, 1.82) is 0 Å². The number of carbonyl (C=O) groups is 1. The molecule has 10 heteroatoms. The molecule has 0 aromatic heterocycles. The smallest absolute Gasteiger partial charge is 0.406 e. The van der Waals surface area contributed by atoms with Crippen LogP contribution in [-0.4, -0.2) is 38.6 Å². The number of rotatable bonds is 6. The first kappa shape index (κ1) is 19.7. The molecular formula is C13H15ClF3NO4S. The number of esters is 1. The first-order valence-electron chi connectivity index (χ1n) is 6.45. The summed E-state index contributed by atoms with van der Waals surface area (Å²) in [6.07, 6.45) is -5.07. The van der Waals surface area contributed by atoms with Crippen molar-refractivity contribution < 1.29 is 31.1 Å². The van der Waals surface area contributed by atoms with E-state index in [1.54, 1.807) is 6.92 Å². The zero-order valence-electron chi connectivity index (χ0n) is 12.2. The standard InChI is InChI=1S/C13H15ClF3NO4S/c1-3-22-12(19)10(14)11(13(15,16)17)18-23(20,21)9-6-4-8(2)5-7-9/h4-7,10-11,18H,3H2,1-2H3. The van der Waals surface area contributed by atoms with Gasteiger partial charge in [-0.25, -0.2) is 8.42 Å². The second kappa shape index (κ2) is 7.50. The summed E-state index contributed by atoms with van der Waals surface area (Å²) >= 11 is 5.46. The maximum absolute atomic E-state index is 13.1. The highest BCUT2D eigenvalue weighted by Gasteiger charge is 2.49. The van der Waals surface area contributed by atoms with Gasteiger partial charge in [-0.1, -0.05) is 17.7 Å². The van der Waals surface area contributed by atoms with Gasteiger partial charge in [-0.05, 0) is 26.0 Å². The number of carbonyl (C=O) groups excluding carboxylic acids is 1. The highest BCUT2D eigenvalue weighted by molar-refractivity contribution is 7.89. The van der Waals surface area contributed by atoms with Crippen LogP contribution in [0.5, 0.6) is 0 Å². The van der Waals surface area contributed by atoms with Gasteiger partial charge in [0.15, 0.2) is 5.38 Å². The minimum absolute atomic E-state index is 0.183. The molecular weight excluding hydrogens is 359 g/mol. The Balaban J connectivity index is 3.10. The summed E-state index contributed by atoms with van der Waals surface area (Å²) in [5.74, 6) is -1.36. The van der Waals surface area contributed by atoms with E-state index in [9.17, 15) is 26.4 Å². The molecule has 130 valence electrons. The van der Waals surface area contributed by atoms with Gasteiger partial charge in [-0.15, -0.1) is 11.6 Å². The van der Waals surface area contributed by atoms with E-state index in [-0.39, 0.29) is 11.5 Å². The number of alkyl halides is 4. The lowest BCUT2D eigenvalue weighted by Gasteiger charge is -2.24. The van der Waals surface area contributed by atoms with Gasteiger partial charge in [0.05, 0.1) is 11.5 Å². The number of ether oxygens (including phenoxy) is 1. The third-order valence-corrected chi connectivity index (χ3v) is 4.66. The maximum atomic E-state index is 13.1. The van der Waals surface area contributed by atoms with Crippen molar-refractivity contribution in [3.8, 4) is 0 Å². The van der Waals surface area contributed by atoms with E-state index >= 15 is 0 Å². The minimum Gasteiger partial charge on any atom is -0.465 e. The van der Waals surface area contributed by atoms with Gasteiger partial charge in [0.2, 0.25) is 10.0 Å². The average Bonchev–Trinajstić information content (AvgIpc) is 2.43. The quantitative estimate of drug-likeness (QED) is 0.614. The first-order chi connectivity index (χ1) is 10.5. The number of sulfonamides is 1. The van der Waals surface area contributed by atoms with Crippen LogP contribution in [0.25, 0.3) is 0 Å². The van der Waals surface area contributed by atoms with E-state index in [0.717, 1.165) is 17.7 Å². The topological polar surface area (TPSA) is 72.5 Å². The predicted molar refractivity (Wildman–Crippen MR) is 77.6 cm³/mol. The molecule has 5 nitrogen and oxygen atoms in total. The van der Waals surface area contributed by atoms with Gasteiger partial charge in [-0.3, -0.25) is 4.79 Å². The maximum Gasteiger partial charge on any atom is 0.406 e. The summed E-state index contributed by atoms with van der Waals surface area (Å²) in [6, 6.07) is 2.35. The molecule has 0 aliphatic rings.